The van der Waals surface area contributed by atoms with E-state index in [4.69, 9.17) is 5.11 Å². The van der Waals surface area contributed by atoms with Crippen molar-refractivity contribution in [3.05, 3.63) is 0 Å². The lowest BCUT2D eigenvalue weighted by Crippen LogP contribution is -2.50. The number of nitrogens with one attached hydrogen (secondary N) is 1. The number of aliphatic carboxylic acids is 1. The third-order valence-corrected chi connectivity index (χ3v) is 1.63. The maximum absolute atomic E-state index is 10.6. The van der Waals surface area contributed by atoms with E-state index in [0.717, 1.165) is 0 Å². The molecule has 0 aromatic rings. The van der Waals surface area contributed by atoms with Crippen LogP contribution in [-0.4, -0.2) is 22.5 Å². The van der Waals surface area contributed by atoms with Gasteiger partial charge >= 0.3 is 5.97 Å². The minimum atomic E-state index is -1.12. The fourth-order valence-corrected chi connectivity index (χ4v) is 0.682. The molecule has 0 fully saturated rings. The molecule has 0 spiro atoms. The lowest BCUT2D eigenvalue weighted by Gasteiger charge is -2.23. The first kappa shape index (κ1) is 9.94. The number of hydrogen-bond acceptors (Lipinski definition) is 2. The van der Waals surface area contributed by atoms with Crippen molar-refractivity contribution in [2.75, 3.05) is 0 Å². The highest BCUT2D eigenvalue weighted by Crippen LogP contribution is 2.08. The summed E-state index contributed by atoms with van der Waals surface area (Å²) in [6.45, 7) is 4.50. The van der Waals surface area contributed by atoms with Crippen LogP contribution in [0.2, 0.25) is 0 Å². The average Bonchev–Trinajstić information content (AvgIpc) is 1.86. The highest BCUT2D eigenvalue weighted by atomic mass is 16.4. The maximum atomic E-state index is 10.6. The first-order valence-electron chi connectivity index (χ1n) is 3.44. The monoisotopic (exact) mass is 159 g/mol. The largest absolute Gasteiger partial charge is 0.480 e. The summed E-state index contributed by atoms with van der Waals surface area (Å²) in [4.78, 5) is 21.1. The van der Waals surface area contributed by atoms with E-state index >= 15 is 0 Å². The van der Waals surface area contributed by atoms with Crippen molar-refractivity contribution in [3.8, 4) is 0 Å². The number of amides is 1. The summed E-state index contributed by atoms with van der Waals surface area (Å²) in [5.74, 6) is -1.33. The third-order valence-electron chi connectivity index (χ3n) is 1.63. The van der Waals surface area contributed by atoms with Gasteiger partial charge in [0.25, 0.3) is 0 Å². The molecule has 0 aromatic carbocycles. The van der Waals surface area contributed by atoms with E-state index in [-0.39, 0.29) is 5.91 Å². The van der Waals surface area contributed by atoms with Crippen LogP contribution in [0.4, 0.5) is 0 Å². The third kappa shape index (κ3) is 2.57. The van der Waals surface area contributed by atoms with Gasteiger partial charge in [-0.15, -0.1) is 0 Å². The molecule has 11 heavy (non-hydrogen) atoms. The standard InChI is InChI=1S/C7H13NO3/c1-4-7(3,6(10)11)8-5(2)9/h4H2,1-3H3,(H,8,9)(H,10,11). The maximum Gasteiger partial charge on any atom is 0.329 e. The number of carbonyl (C=O) groups is 2. The Bertz CT molecular complexity index is 179. The quantitative estimate of drug-likeness (QED) is 0.625. The molecule has 0 saturated heterocycles. The molecule has 0 radical (unpaired) electrons. The summed E-state index contributed by atoms with van der Waals surface area (Å²) in [6.07, 6.45) is 0.377. The average molecular weight is 159 g/mol. The molecular formula is C7H13NO3. The van der Waals surface area contributed by atoms with Crippen LogP contribution in [0.1, 0.15) is 27.2 Å². The Labute approximate surface area is 65.6 Å². The van der Waals surface area contributed by atoms with E-state index in [0.29, 0.717) is 6.42 Å². The SMILES string of the molecule is CCC(C)(NC(C)=O)C(=O)O. The Morgan fingerprint density at radius 2 is 2.00 bits per heavy atom. The second kappa shape index (κ2) is 3.37. The molecule has 0 aliphatic rings. The molecule has 1 amide bonds. The van der Waals surface area contributed by atoms with Gasteiger partial charge in [0.15, 0.2) is 0 Å². The Balaban J connectivity index is 4.34. The molecule has 2 N–H and O–H groups in total. The fourth-order valence-electron chi connectivity index (χ4n) is 0.682. The van der Waals surface area contributed by atoms with Gasteiger partial charge in [0.1, 0.15) is 5.54 Å². The first-order valence-corrected chi connectivity index (χ1v) is 3.44. The molecule has 0 aliphatic heterocycles. The molecule has 64 valence electrons. The Kier molecular flexibility index (Phi) is 3.04. The smallest absolute Gasteiger partial charge is 0.329 e. The Hall–Kier alpha value is -1.06. The second-order valence-corrected chi connectivity index (χ2v) is 2.67. The van der Waals surface area contributed by atoms with Crippen molar-refractivity contribution in [2.24, 2.45) is 0 Å². The van der Waals surface area contributed by atoms with Gasteiger partial charge < -0.3 is 10.4 Å². The topological polar surface area (TPSA) is 66.4 Å². The van der Waals surface area contributed by atoms with Crippen LogP contribution in [0, 0.1) is 0 Å². The lowest BCUT2D eigenvalue weighted by atomic mass is 9.99. The van der Waals surface area contributed by atoms with Gasteiger partial charge in [0.05, 0.1) is 0 Å². The zero-order valence-electron chi connectivity index (χ0n) is 6.97. The Morgan fingerprint density at radius 3 is 2.09 bits per heavy atom. The molecule has 1 atom stereocenters. The highest BCUT2D eigenvalue weighted by Gasteiger charge is 2.31. The first-order chi connectivity index (χ1) is 4.92. The number of hydrogen-bond donors (Lipinski definition) is 2. The Morgan fingerprint density at radius 1 is 1.55 bits per heavy atom. The molecule has 0 aromatic heterocycles. The van der Waals surface area contributed by atoms with Gasteiger partial charge in [-0.25, -0.2) is 4.79 Å². The molecule has 0 saturated carbocycles. The van der Waals surface area contributed by atoms with Crippen molar-refractivity contribution >= 4 is 11.9 Å². The van der Waals surface area contributed by atoms with E-state index in [1.807, 2.05) is 0 Å². The minimum absolute atomic E-state index is 0.322. The summed E-state index contributed by atoms with van der Waals surface area (Å²) in [6, 6.07) is 0. The van der Waals surface area contributed by atoms with Crippen LogP contribution < -0.4 is 5.32 Å². The molecule has 1 unspecified atom stereocenters. The van der Waals surface area contributed by atoms with E-state index in [1.54, 1.807) is 6.92 Å². The van der Waals surface area contributed by atoms with Crippen LogP contribution in [0.15, 0.2) is 0 Å². The summed E-state index contributed by atoms with van der Waals surface area (Å²) in [5, 5.41) is 11.0. The molecule has 0 bridgehead atoms. The molecule has 4 nitrogen and oxygen atoms in total. The molecule has 4 heteroatoms. The molecule has 0 heterocycles. The van der Waals surface area contributed by atoms with Gasteiger partial charge in [-0.1, -0.05) is 6.92 Å². The van der Waals surface area contributed by atoms with Crippen molar-refractivity contribution in [1.82, 2.24) is 5.32 Å². The number of carboxylic acids is 1. The van der Waals surface area contributed by atoms with E-state index < -0.39 is 11.5 Å². The summed E-state index contributed by atoms with van der Waals surface area (Å²) in [5.41, 5.74) is -1.12. The van der Waals surface area contributed by atoms with Gasteiger partial charge in [0, 0.05) is 6.92 Å². The number of rotatable bonds is 3. The number of carboxylic acid groups (broad SMARTS) is 1. The van der Waals surface area contributed by atoms with Gasteiger partial charge in [-0.2, -0.15) is 0 Å². The molecule has 0 rings (SSSR count). The van der Waals surface area contributed by atoms with Crippen molar-refractivity contribution in [3.63, 3.8) is 0 Å². The minimum Gasteiger partial charge on any atom is -0.480 e. The predicted molar refractivity (Wildman–Crippen MR) is 40.1 cm³/mol. The normalized spacial score (nSPS) is 15.2. The van der Waals surface area contributed by atoms with Gasteiger partial charge in [-0.05, 0) is 13.3 Å². The second-order valence-electron chi connectivity index (χ2n) is 2.67. The fraction of sp³-hybridized carbons (Fsp3) is 0.714. The van der Waals surface area contributed by atoms with Crippen LogP contribution in [0.25, 0.3) is 0 Å². The highest BCUT2D eigenvalue weighted by molar-refractivity contribution is 5.85. The van der Waals surface area contributed by atoms with E-state index in [9.17, 15) is 9.59 Å². The van der Waals surface area contributed by atoms with Crippen LogP contribution in [0.3, 0.4) is 0 Å². The summed E-state index contributed by atoms with van der Waals surface area (Å²) >= 11 is 0. The van der Waals surface area contributed by atoms with Crippen molar-refractivity contribution < 1.29 is 14.7 Å². The molecular weight excluding hydrogens is 146 g/mol. The summed E-state index contributed by atoms with van der Waals surface area (Å²) in [7, 11) is 0. The zero-order valence-corrected chi connectivity index (χ0v) is 6.97. The molecule has 0 aliphatic carbocycles. The van der Waals surface area contributed by atoms with Crippen LogP contribution >= 0.6 is 0 Å². The summed E-state index contributed by atoms with van der Waals surface area (Å²) < 4.78 is 0. The van der Waals surface area contributed by atoms with Crippen molar-refractivity contribution in [2.45, 2.75) is 32.7 Å². The van der Waals surface area contributed by atoms with Gasteiger partial charge in [-0.3, -0.25) is 4.79 Å². The van der Waals surface area contributed by atoms with Crippen LogP contribution in [-0.2, 0) is 9.59 Å². The lowest BCUT2D eigenvalue weighted by molar-refractivity contribution is -0.146. The van der Waals surface area contributed by atoms with Crippen LogP contribution in [0.5, 0.6) is 0 Å². The van der Waals surface area contributed by atoms with E-state index in [2.05, 4.69) is 5.32 Å². The zero-order chi connectivity index (χ0) is 9.07. The van der Waals surface area contributed by atoms with Crippen molar-refractivity contribution in [1.29, 1.82) is 0 Å². The van der Waals surface area contributed by atoms with Gasteiger partial charge in [0.2, 0.25) is 5.91 Å². The number of carbonyl (C=O) groups excluding carboxylic acids is 1. The predicted octanol–water partition coefficient (Wildman–Crippen LogP) is 0.376. The van der Waals surface area contributed by atoms with E-state index in [1.165, 1.54) is 13.8 Å².